The Bertz CT molecular complexity index is 4060. The lowest BCUT2D eigenvalue weighted by atomic mass is 9.97. The van der Waals surface area contributed by atoms with Crippen molar-refractivity contribution in [3.63, 3.8) is 0 Å². The summed E-state index contributed by atoms with van der Waals surface area (Å²) < 4.78 is 11.3. The summed E-state index contributed by atoms with van der Waals surface area (Å²) in [5, 5.41) is 9.63. The van der Waals surface area contributed by atoms with Crippen LogP contribution in [0.25, 0.3) is 87.6 Å². The first-order chi connectivity index (χ1) is 40.2. The van der Waals surface area contributed by atoms with Crippen LogP contribution in [-0.2, 0) is 0 Å². The molecule has 0 N–H and O–H groups in total. The van der Waals surface area contributed by atoms with E-state index in [2.05, 4.69) is 334 Å². The van der Waals surface area contributed by atoms with Crippen molar-refractivity contribution in [3.05, 3.63) is 315 Å². The molecule has 2 aliphatic heterocycles. The molecule has 0 fully saturated rings. The molecule has 4 nitrogen and oxygen atoms in total. The second-order valence-electron chi connectivity index (χ2n) is 21.2. The molecule has 0 unspecified atom stereocenters. The lowest BCUT2D eigenvalue weighted by Gasteiger charge is -2.49. The average molecular weight is 1050 g/mol. The van der Waals surface area contributed by atoms with E-state index in [0.29, 0.717) is 0 Å². The average Bonchev–Trinajstić information content (AvgIpc) is 1.64. The predicted octanol–water partition coefficient (Wildman–Crippen LogP) is 20.7. The minimum atomic E-state index is -4.08. The Balaban J connectivity index is 1.11. The number of hydrogen-bond acceptors (Lipinski definition) is 4. The van der Waals surface area contributed by atoms with Crippen molar-refractivity contribution in [1.29, 1.82) is 0 Å². The first kappa shape index (κ1) is 46.6. The van der Waals surface area contributed by atoms with E-state index in [1.165, 1.54) is 110 Å². The summed E-state index contributed by atoms with van der Waals surface area (Å²) in [4.78, 5) is 0. The molecular weight excluding hydrogens is 997 g/mol. The third kappa shape index (κ3) is 7.22. The summed E-state index contributed by atoms with van der Waals surface area (Å²) in [6, 6.07) is 117. The van der Waals surface area contributed by atoms with E-state index in [0.717, 1.165) is 22.7 Å². The summed E-state index contributed by atoms with van der Waals surface area (Å²) in [7, 11) is -4.08. The molecular formula is C76H52N4Si. The highest BCUT2D eigenvalue weighted by Crippen LogP contribution is 2.67. The van der Waals surface area contributed by atoms with Gasteiger partial charge in [0.2, 0.25) is 0 Å². The Hall–Kier alpha value is -10.5. The largest absolute Gasteiger partial charge is 0.522 e. The van der Waals surface area contributed by atoms with Gasteiger partial charge in [-0.1, -0.05) is 267 Å². The topological polar surface area (TPSA) is 13.0 Å². The molecule has 0 aliphatic carbocycles. The maximum atomic E-state index is 2.83. The van der Waals surface area contributed by atoms with E-state index < -0.39 is 8.72 Å². The number of nitrogens with zero attached hydrogens (tertiary/aromatic N) is 4. The maximum Gasteiger partial charge on any atom is 0.522 e. The van der Waals surface area contributed by atoms with Crippen LogP contribution in [0.5, 0.6) is 0 Å². The summed E-state index contributed by atoms with van der Waals surface area (Å²) >= 11 is 0. The minimum Gasteiger partial charge on any atom is -0.313 e. The highest BCUT2D eigenvalue weighted by atomic mass is 28.4. The van der Waals surface area contributed by atoms with Gasteiger partial charge >= 0.3 is 8.72 Å². The van der Waals surface area contributed by atoms with Gasteiger partial charge in [0.25, 0.3) is 0 Å². The van der Waals surface area contributed by atoms with Crippen molar-refractivity contribution < 1.29 is 0 Å². The van der Waals surface area contributed by atoms with Crippen LogP contribution in [0.2, 0.25) is 0 Å². The highest BCUT2D eigenvalue weighted by molar-refractivity contribution is 7.00. The van der Waals surface area contributed by atoms with Gasteiger partial charge in [-0.15, -0.1) is 0 Å². The van der Waals surface area contributed by atoms with Gasteiger partial charge in [-0.05, 0) is 115 Å². The number of hydrogen-bond donors (Lipinski definition) is 0. The van der Waals surface area contributed by atoms with Crippen molar-refractivity contribution in [3.8, 4) is 44.5 Å². The molecule has 14 aromatic rings. The monoisotopic (exact) mass is 1050 g/mol. The first-order valence-electron chi connectivity index (χ1n) is 27.9. The fourth-order valence-electron chi connectivity index (χ4n) is 13.3. The highest BCUT2D eigenvalue weighted by Gasteiger charge is 2.71. The van der Waals surface area contributed by atoms with Gasteiger partial charge in [0.1, 0.15) is 0 Å². The van der Waals surface area contributed by atoms with Crippen molar-refractivity contribution in [2.24, 2.45) is 0 Å². The second kappa shape index (κ2) is 18.9. The zero-order chi connectivity index (χ0) is 53.4. The molecule has 0 atom stereocenters. The third-order valence-electron chi connectivity index (χ3n) is 16.8. The van der Waals surface area contributed by atoms with E-state index in [1.807, 2.05) is 0 Å². The standard InChI is InChI=1S/C76H52N4Si/c1-5-21-53(22-6-1)57-37-45-61(46-38-57)77-73-69-33-17-13-29-65(69)66-30-14-18-34-70(66)74(73)78(62-47-39-58(40-48-62)54-23-7-2-8-24-54)81(77)79(63-49-41-59(42-50-63)55-25-9-3-10-26-55)75-71-35-19-15-31-67(71)68-32-16-20-36-72(68)76(75)80(81)64-51-43-60(44-52-64)56-27-11-4-12-28-56/h1-52H. The molecule has 0 radical (unpaired) electrons. The van der Waals surface area contributed by atoms with E-state index in [-0.39, 0.29) is 0 Å². The van der Waals surface area contributed by atoms with E-state index in [4.69, 9.17) is 0 Å². The predicted molar refractivity (Wildman–Crippen MR) is 345 cm³/mol. The molecule has 0 aromatic heterocycles. The Morgan fingerprint density at radius 2 is 0.309 bits per heavy atom. The molecule has 2 heterocycles. The lowest BCUT2D eigenvalue weighted by Crippen LogP contribution is -2.76. The van der Waals surface area contributed by atoms with Crippen LogP contribution in [0.3, 0.4) is 0 Å². The van der Waals surface area contributed by atoms with Gasteiger partial charge in [0, 0.05) is 44.3 Å². The van der Waals surface area contributed by atoms with Gasteiger partial charge in [-0.25, -0.2) is 0 Å². The zero-order valence-electron chi connectivity index (χ0n) is 44.3. The molecule has 2 aliphatic rings. The molecule has 16 rings (SSSR count). The maximum absolute atomic E-state index is 4.08. The molecule has 0 saturated carbocycles. The molecule has 0 bridgehead atoms. The Morgan fingerprint density at radius 3 is 0.506 bits per heavy atom. The SMILES string of the molecule is c1ccc(-c2ccc(N3c4c(c5ccccc5c5ccccc45)N(c4ccc(-c5ccccc5)cc4)[Si]34N(c3ccc(-c5ccccc5)cc3)c3c(c5ccccc5c5ccccc35)N4c3ccc(-c4ccccc4)cc3)cc2)cc1. The minimum absolute atomic E-state index is 1.10. The van der Waals surface area contributed by atoms with E-state index in [1.54, 1.807) is 0 Å². The van der Waals surface area contributed by atoms with Crippen LogP contribution in [0, 0.1) is 0 Å². The van der Waals surface area contributed by atoms with Crippen LogP contribution >= 0.6 is 0 Å². The van der Waals surface area contributed by atoms with Gasteiger partial charge in [0.15, 0.2) is 0 Å². The van der Waals surface area contributed by atoms with Crippen LogP contribution < -0.4 is 18.3 Å². The third-order valence-corrected chi connectivity index (χ3v) is 21.1. The van der Waals surface area contributed by atoms with Gasteiger partial charge in [0.05, 0.1) is 22.7 Å². The normalized spacial score (nSPS) is 13.4. The Kier molecular flexibility index (Phi) is 10.9. The fraction of sp³-hybridized carbons (Fsp3) is 0. The van der Waals surface area contributed by atoms with E-state index in [9.17, 15) is 0 Å². The van der Waals surface area contributed by atoms with Crippen molar-refractivity contribution in [1.82, 2.24) is 0 Å². The van der Waals surface area contributed by atoms with Gasteiger partial charge in [-0.2, -0.15) is 0 Å². The Morgan fingerprint density at radius 1 is 0.148 bits per heavy atom. The summed E-state index contributed by atoms with van der Waals surface area (Å²) in [5.41, 5.74) is 18.5. The molecule has 81 heavy (non-hydrogen) atoms. The number of benzene rings is 14. The molecule has 5 heteroatoms. The van der Waals surface area contributed by atoms with Crippen LogP contribution in [0.15, 0.2) is 315 Å². The molecule has 380 valence electrons. The van der Waals surface area contributed by atoms with Crippen molar-refractivity contribution in [2.75, 3.05) is 18.3 Å². The molecule has 0 saturated heterocycles. The van der Waals surface area contributed by atoms with Crippen LogP contribution in [0.1, 0.15) is 0 Å². The van der Waals surface area contributed by atoms with E-state index >= 15 is 0 Å². The van der Waals surface area contributed by atoms with Crippen molar-refractivity contribution in [2.45, 2.75) is 0 Å². The number of anilines is 8. The smallest absolute Gasteiger partial charge is 0.313 e. The van der Waals surface area contributed by atoms with Gasteiger partial charge < -0.3 is 18.3 Å². The summed E-state index contributed by atoms with van der Waals surface area (Å²) in [6.07, 6.45) is 0. The summed E-state index contributed by atoms with van der Waals surface area (Å²) in [5.74, 6) is 0. The van der Waals surface area contributed by atoms with Crippen LogP contribution in [0.4, 0.5) is 45.5 Å². The molecule has 14 aromatic carbocycles. The first-order valence-corrected chi connectivity index (χ1v) is 29.7. The van der Waals surface area contributed by atoms with Gasteiger partial charge in [-0.3, -0.25) is 0 Å². The fourth-order valence-corrected chi connectivity index (χ4v) is 18.5. The van der Waals surface area contributed by atoms with Crippen molar-refractivity contribution >= 4 is 97.3 Å². The lowest BCUT2D eigenvalue weighted by molar-refractivity contribution is 1.18. The second-order valence-corrected chi connectivity index (χ2v) is 24.2. The van der Waals surface area contributed by atoms with Crippen LogP contribution in [-0.4, -0.2) is 8.72 Å². The summed E-state index contributed by atoms with van der Waals surface area (Å²) in [6.45, 7) is 0. The zero-order valence-corrected chi connectivity index (χ0v) is 45.3. The Labute approximate surface area is 472 Å². The molecule has 1 spiro atoms. The molecule has 0 amide bonds. The quantitative estimate of drug-likeness (QED) is 0.111. The number of rotatable bonds is 8. The number of fused-ring (bicyclic) bond motifs is 12.